The third-order valence-corrected chi connectivity index (χ3v) is 6.13. The van der Waals surface area contributed by atoms with Crippen LogP contribution in [0.3, 0.4) is 0 Å². The maximum absolute atomic E-state index is 13.9. The summed E-state index contributed by atoms with van der Waals surface area (Å²) in [5.74, 6) is -0.876. The molecule has 4 nitrogen and oxygen atoms in total. The third kappa shape index (κ3) is 4.99. The lowest BCUT2D eigenvalue weighted by molar-refractivity contribution is -0.138. The zero-order valence-corrected chi connectivity index (χ0v) is 18.3. The SMILES string of the molecule is CCC(C)N1C[C@@H](N(Cc2cc(F)ccc2C(F)(F)F)c2ccc(C#N)c(Cl)c2)CC1=O. The predicted molar refractivity (Wildman–Crippen MR) is 114 cm³/mol. The van der Waals surface area contributed by atoms with Gasteiger partial charge in [0.15, 0.2) is 0 Å². The molecule has 0 N–H and O–H groups in total. The summed E-state index contributed by atoms with van der Waals surface area (Å²) in [5, 5.41) is 9.29. The van der Waals surface area contributed by atoms with E-state index in [9.17, 15) is 22.4 Å². The molecule has 32 heavy (non-hydrogen) atoms. The molecule has 1 unspecified atom stereocenters. The van der Waals surface area contributed by atoms with Gasteiger partial charge in [0.05, 0.1) is 22.2 Å². The van der Waals surface area contributed by atoms with E-state index in [-0.39, 0.29) is 41.1 Å². The molecule has 2 aromatic rings. The Labute approximate surface area is 189 Å². The lowest BCUT2D eigenvalue weighted by Crippen LogP contribution is -2.40. The first-order valence-corrected chi connectivity index (χ1v) is 10.5. The van der Waals surface area contributed by atoms with Crippen molar-refractivity contribution in [3.63, 3.8) is 0 Å². The van der Waals surface area contributed by atoms with E-state index >= 15 is 0 Å². The highest BCUT2D eigenvalue weighted by Gasteiger charge is 2.38. The minimum absolute atomic E-state index is 0.0150. The van der Waals surface area contributed by atoms with Crippen LogP contribution in [0.4, 0.5) is 23.2 Å². The lowest BCUT2D eigenvalue weighted by atomic mass is 10.0. The Balaban J connectivity index is 2.05. The number of hydrogen-bond donors (Lipinski definition) is 0. The Morgan fingerprint density at radius 3 is 2.59 bits per heavy atom. The van der Waals surface area contributed by atoms with E-state index in [0.29, 0.717) is 12.2 Å². The van der Waals surface area contributed by atoms with E-state index in [1.54, 1.807) is 15.9 Å². The highest BCUT2D eigenvalue weighted by Crippen LogP contribution is 2.36. The van der Waals surface area contributed by atoms with Crippen LogP contribution in [0.15, 0.2) is 36.4 Å². The maximum Gasteiger partial charge on any atom is 0.416 e. The van der Waals surface area contributed by atoms with Gasteiger partial charge in [0, 0.05) is 31.2 Å². The molecule has 0 saturated carbocycles. The fourth-order valence-corrected chi connectivity index (χ4v) is 4.14. The van der Waals surface area contributed by atoms with Gasteiger partial charge >= 0.3 is 6.18 Å². The number of alkyl halides is 3. The lowest BCUT2D eigenvalue weighted by Gasteiger charge is -2.33. The third-order valence-electron chi connectivity index (χ3n) is 5.82. The molecule has 2 atom stereocenters. The zero-order chi connectivity index (χ0) is 23.6. The van der Waals surface area contributed by atoms with Gasteiger partial charge in [-0.15, -0.1) is 0 Å². The molecule has 1 aliphatic rings. The van der Waals surface area contributed by atoms with Crippen molar-refractivity contribution in [2.24, 2.45) is 0 Å². The Bertz CT molecular complexity index is 1050. The van der Waals surface area contributed by atoms with Crippen molar-refractivity contribution in [1.29, 1.82) is 5.26 Å². The van der Waals surface area contributed by atoms with E-state index in [0.717, 1.165) is 24.6 Å². The molecule has 1 fully saturated rings. The van der Waals surface area contributed by atoms with Crippen molar-refractivity contribution in [2.75, 3.05) is 11.4 Å². The monoisotopic (exact) mass is 467 g/mol. The number of amides is 1. The number of anilines is 1. The number of nitrogens with zero attached hydrogens (tertiary/aromatic N) is 3. The van der Waals surface area contributed by atoms with Crippen LogP contribution in [0.25, 0.3) is 0 Å². The zero-order valence-electron chi connectivity index (χ0n) is 17.6. The van der Waals surface area contributed by atoms with Crippen LogP contribution in [0.5, 0.6) is 0 Å². The Kier molecular flexibility index (Phi) is 6.99. The normalized spacial score (nSPS) is 17.4. The maximum atomic E-state index is 13.9. The number of carbonyl (C=O) groups excluding carboxylic acids is 1. The molecule has 0 radical (unpaired) electrons. The smallest absolute Gasteiger partial charge is 0.362 e. The summed E-state index contributed by atoms with van der Waals surface area (Å²) in [5.41, 5.74) is -0.504. The van der Waals surface area contributed by atoms with Crippen LogP contribution in [0.1, 0.15) is 43.4 Å². The molecule has 1 aliphatic heterocycles. The predicted octanol–water partition coefficient (Wildman–Crippen LogP) is 5.78. The molecule has 2 aromatic carbocycles. The van der Waals surface area contributed by atoms with Gasteiger partial charge in [0.2, 0.25) is 5.91 Å². The van der Waals surface area contributed by atoms with Crippen LogP contribution < -0.4 is 4.90 Å². The van der Waals surface area contributed by atoms with Gasteiger partial charge in [-0.1, -0.05) is 18.5 Å². The average Bonchev–Trinajstić information content (AvgIpc) is 3.11. The van der Waals surface area contributed by atoms with Gasteiger partial charge in [0.1, 0.15) is 11.9 Å². The highest BCUT2D eigenvalue weighted by molar-refractivity contribution is 6.32. The fourth-order valence-electron chi connectivity index (χ4n) is 3.92. The number of halogens is 5. The molecular formula is C23H22ClF4N3O. The van der Waals surface area contributed by atoms with E-state index in [1.165, 1.54) is 12.1 Å². The number of nitriles is 1. The molecule has 0 spiro atoms. The molecule has 0 aromatic heterocycles. The number of benzene rings is 2. The second kappa shape index (κ2) is 9.37. The summed E-state index contributed by atoms with van der Waals surface area (Å²) >= 11 is 6.18. The van der Waals surface area contributed by atoms with Gasteiger partial charge in [-0.2, -0.15) is 18.4 Å². The van der Waals surface area contributed by atoms with Gasteiger partial charge in [0.25, 0.3) is 0 Å². The molecule has 1 heterocycles. The van der Waals surface area contributed by atoms with Crippen molar-refractivity contribution in [3.8, 4) is 6.07 Å². The minimum Gasteiger partial charge on any atom is -0.362 e. The fraction of sp³-hybridized carbons (Fsp3) is 0.391. The number of hydrogen-bond acceptors (Lipinski definition) is 3. The average molecular weight is 468 g/mol. The summed E-state index contributed by atoms with van der Waals surface area (Å²) in [7, 11) is 0. The number of likely N-dealkylation sites (tertiary alicyclic amines) is 1. The Morgan fingerprint density at radius 2 is 2.00 bits per heavy atom. The first kappa shape index (κ1) is 23.9. The molecular weight excluding hydrogens is 446 g/mol. The second-order valence-electron chi connectivity index (χ2n) is 7.86. The quantitative estimate of drug-likeness (QED) is 0.506. The van der Waals surface area contributed by atoms with Crippen LogP contribution in [0, 0.1) is 17.1 Å². The molecule has 1 amide bonds. The van der Waals surface area contributed by atoms with Crippen LogP contribution in [-0.4, -0.2) is 29.4 Å². The summed E-state index contributed by atoms with van der Waals surface area (Å²) in [6.45, 7) is 3.91. The molecule has 3 rings (SSSR count). The number of rotatable bonds is 6. The molecule has 0 aliphatic carbocycles. The molecule has 0 bridgehead atoms. The Morgan fingerprint density at radius 1 is 1.28 bits per heavy atom. The molecule has 1 saturated heterocycles. The first-order chi connectivity index (χ1) is 15.0. The summed E-state index contributed by atoms with van der Waals surface area (Å²) in [6, 6.07) is 8.39. The van der Waals surface area contributed by atoms with Crippen molar-refractivity contribution in [1.82, 2.24) is 4.90 Å². The van der Waals surface area contributed by atoms with Gasteiger partial charge in [-0.25, -0.2) is 4.39 Å². The minimum atomic E-state index is -4.66. The van der Waals surface area contributed by atoms with Gasteiger partial charge in [-0.05, 0) is 55.3 Å². The van der Waals surface area contributed by atoms with Gasteiger partial charge < -0.3 is 9.80 Å². The standard InChI is InChI=1S/C23H22ClF4N3O/c1-3-14(2)30-13-19(10-22(30)32)31(18-6-4-15(11-29)21(24)9-18)12-16-8-17(25)5-7-20(16)23(26,27)28/h4-9,14,19H,3,10,12-13H2,1-2H3/t14?,19-/m0/s1. The first-order valence-electron chi connectivity index (χ1n) is 10.2. The van der Waals surface area contributed by atoms with Crippen LogP contribution >= 0.6 is 11.6 Å². The van der Waals surface area contributed by atoms with E-state index in [4.69, 9.17) is 16.9 Å². The van der Waals surface area contributed by atoms with Crippen LogP contribution in [0.2, 0.25) is 5.02 Å². The molecule has 9 heteroatoms. The molecule has 170 valence electrons. The van der Waals surface area contributed by atoms with E-state index in [1.807, 2.05) is 19.9 Å². The van der Waals surface area contributed by atoms with Crippen molar-refractivity contribution >= 4 is 23.2 Å². The number of carbonyl (C=O) groups is 1. The topological polar surface area (TPSA) is 47.3 Å². The largest absolute Gasteiger partial charge is 0.416 e. The second-order valence-corrected chi connectivity index (χ2v) is 8.27. The summed E-state index contributed by atoms with van der Waals surface area (Å²) in [4.78, 5) is 16.0. The van der Waals surface area contributed by atoms with Crippen molar-refractivity contribution in [3.05, 3.63) is 63.9 Å². The summed E-state index contributed by atoms with van der Waals surface area (Å²) < 4.78 is 54.7. The van der Waals surface area contributed by atoms with Crippen molar-refractivity contribution in [2.45, 2.75) is 51.5 Å². The van der Waals surface area contributed by atoms with Crippen molar-refractivity contribution < 1.29 is 22.4 Å². The van der Waals surface area contributed by atoms with Crippen LogP contribution in [-0.2, 0) is 17.5 Å². The van der Waals surface area contributed by atoms with E-state index < -0.39 is 23.6 Å². The Hall–Kier alpha value is -2.79. The highest BCUT2D eigenvalue weighted by atomic mass is 35.5. The van der Waals surface area contributed by atoms with Gasteiger partial charge in [-0.3, -0.25) is 4.79 Å². The summed E-state index contributed by atoms with van der Waals surface area (Å²) in [6.07, 6.45) is -3.81. The van der Waals surface area contributed by atoms with E-state index in [2.05, 4.69) is 0 Å².